The van der Waals surface area contributed by atoms with Gasteiger partial charge in [0.25, 0.3) is 0 Å². The predicted molar refractivity (Wildman–Crippen MR) is 69.3 cm³/mol. The molecule has 1 rings (SSSR count). The van der Waals surface area contributed by atoms with Crippen molar-refractivity contribution >= 4 is 5.69 Å². The lowest BCUT2D eigenvalue weighted by Crippen LogP contribution is -2.16. The maximum absolute atomic E-state index is 11.1. The van der Waals surface area contributed by atoms with Gasteiger partial charge in [0.05, 0.1) is 0 Å². The van der Waals surface area contributed by atoms with E-state index in [-0.39, 0.29) is 10.8 Å². The molecule has 0 amide bonds. The van der Waals surface area contributed by atoms with Gasteiger partial charge in [0, 0.05) is 0 Å². The summed E-state index contributed by atoms with van der Waals surface area (Å²) in [6, 6.07) is 5.99. The van der Waals surface area contributed by atoms with Crippen LogP contribution in [0, 0.1) is 4.91 Å². The van der Waals surface area contributed by atoms with E-state index in [9.17, 15) is 4.91 Å². The van der Waals surface area contributed by atoms with Gasteiger partial charge in [0.1, 0.15) is 5.69 Å². The molecule has 2 nitrogen and oxygen atoms in total. The summed E-state index contributed by atoms with van der Waals surface area (Å²) < 4.78 is 0. The molecule has 16 heavy (non-hydrogen) atoms. The van der Waals surface area contributed by atoms with E-state index in [1.165, 1.54) is 0 Å². The van der Waals surface area contributed by atoms with Gasteiger partial charge in [-0.05, 0) is 27.1 Å². The predicted octanol–water partition coefficient (Wildman–Crippen LogP) is 4.68. The van der Waals surface area contributed by atoms with Gasteiger partial charge in [-0.3, -0.25) is 0 Å². The van der Waals surface area contributed by atoms with Gasteiger partial charge >= 0.3 is 0 Å². The summed E-state index contributed by atoms with van der Waals surface area (Å²) in [4.78, 5) is 11.1. The fourth-order valence-corrected chi connectivity index (χ4v) is 1.85. The molecule has 0 aliphatic heterocycles. The Labute approximate surface area is 98.0 Å². The van der Waals surface area contributed by atoms with Crippen LogP contribution in [0.25, 0.3) is 0 Å². The lowest BCUT2D eigenvalue weighted by atomic mass is 9.79. The average Bonchev–Trinajstić information content (AvgIpc) is 2.13. The van der Waals surface area contributed by atoms with Crippen molar-refractivity contribution in [2.45, 2.75) is 52.4 Å². The largest absolute Gasteiger partial charge is 0.145 e. The molecule has 0 bridgehead atoms. The van der Waals surface area contributed by atoms with Crippen LogP contribution < -0.4 is 0 Å². The van der Waals surface area contributed by atoms with Crippen molar-refractivity contribution in [3.05, 3.63) is 34.2 Å². The molecule has 0 N–H and O–H groups in total. The second-order valence-corrected chi connectivity index (χ2v) is 6.29. The van der Waals surface area contributed by atoms with Gasteiger partial charge in [0.2, 0.25) is 0 Å². The van der Waals surface area contributed by atoms with Crippen molar-refractivity contribution < 1.29 is 0 Å². The highest BCUT2D eigenvalue weighted by molar-refractivity contribution is 5.58. The van der Waals surface area contributed by atoms with Crippen LogP contribution in [0.15, 0.2) is 23.4 Å². The lowest BCUT2D eigenvalue weighted by Gasteiger charge is -2.26. The zero-order valence-electron chi connectivity index (χ0n) is 11.1. The highest BCUT2D eigenvalue weighted by atomic mass is 16.3. The van der Waals surface area contributed by atoms with Gasteiger partial charge < -0.3 is 0 Å². The molecule has 88 valence electrons. The van der Waals surface area contributed by atoms with Crippen molar-refractivity contribution in [2.75, 3.05) is 0 Å². The number of nitroso groups, excluding NO2 is 1. The highest BCUT2D eigenvalue weighted by Gasteiger charge is 2.25. The Morgan fingerprint density at radius 1 is 0.875 bits per heavy atom. The Hall–Kier alpha value is -1.18. The Bertz CT molecular complexity index is 362. The SMILES string of the molecule is CC(C)(C)c1cccc(C(C)(C)C)c1N=O. The Balaban J connectivity index is 3.51. The van der Waals surface area contributed by atoms with E-state index in [2.05, 4.69) is 46.7 Å². The fourth-order valence-electron chi connectivity index (χ4n) is 1.85. The van der Waals surface area contributed by atoms with Crippen LogP contribution in [-0.2, 0) is 10.8 Å². The van der Waals surface area contributed by atoms with E-state index in [4.69, 9.17) is 0 Å². The third-order valence-electron chi connectivity index (χ3n) is 2.74. The quantitative estimate of drug-likeness (QED) is 0.630. The molecule has 0 spiro atoms. The van der Waals surface area contributed by atoms with Crippen LogP contribution >= 0.6 is 0 Å². The molecule has 1 aromatic carbocycles. The van der Waals surface area contributed by atoms with Crippen molar-refractivity contribution in [2.24, 2.45) is 5.18 Å². The first kappa shape index (κ1) is 12.9. The van der Waals surface area contributed by atoms with E-state index in [1.807, 2.05) is 18.2 Å². The summed E-state index contributed by atoms with van der Waals surface area (Å²) in [6.45, 7) is 12.6. The van der Waals surface area contributed by atoms with Gasteiger partial charge in [-0.1, -0.05) is 59.7 Å². The summed E-state index contributed by atoms with van der Waals surface area (Å²) in [7, 11) is 0. The van der Waals surface area contributed by atoms with Crippen LogP contribution in [0.5, 0.6) is 0 Å². The van der Waals surface area contributed by atoms with Crippen molar-refractivity contribution in [1.82, 2.24) is 0 Å². The molecule has 0 saturated heterocycles. The van der Waals surface area contributed by atoms with Crippen LogP contribution in [0.1, 0.15) is 52.7 Å². The maximum Gasteiger partial charge on any atom is 0.115 e. The summed E-state index contributed by atoms with van der Waals surface area (Å²) in [5, 5.41) is 3.25. The second kappa shape index (κ2) is 4.00. The minimum Gasteiger partial charge on any atom is -0.145 e. The molecule has 0 unspecified atom stereocenters. The van der Waals surface area contributed by atoms with E-state index in [0.717, 1.165) is 11.1 Å². The van der Waals surface area contributed by atoms with Crippen LogP contribution in [0.3, 0.4) is 0 Å². The molecule has 0 aromatic heterocycles. The summed E-state index contributed by atoms with van der Waals surface area (Å²) in [6.07, 6.45) is 0. The Morgan fingerprint density at radius 3 is 1.50 bits per heavy atom. The van der Waals surface area contributed by atoms with Gasteiger partial charge in [-0.15, -0.1) is 4.91 Å². The topological polar surface area (TPSA) is 29.4 Å². The smallest absolute Gasteiger partial charge is 0.115 e. The van der Waals surface area contributed by atoms with E-state index < -0.39 is 0 Å². The molecule has 0 aliphatic carbocycles. The second-order valence-electron chi connectivity index (χ2n) is 6.29. The van der Waals surface area contributed by atoms with Gasteiger partial charge in [-0.2, -0.15) is 0 Å². The molecule has 0 aliphatic rings. The van der Waals surface area contributed by atoms with Gasteiger partial charge in [0.15, 0.2) is 0 Å². The third-order valence-corrected chi connectivity index (χ3v) is 2.74. The number of rotatable bonds is 1. The minimum atomic E-state index is -0.0511. The molecule has 0 heterocycles. The summed E-state index contributed by atoms with van der Waals surface area (Å²) in [5.74, 6) is 0. The number of benzene rings is 1. The Kier molecular flexibility index (Phi) is 3.22. The first-order chi connectivity index (χ1) is 7.18. The molecule has 2 heteroatoms. The summed E-state index contributed by atoms with van der Waals surface area (Å²) in [5.41, 5.74) is 2.56. The molecular formula is C14H21NO. The lowest BCUT2D eigenvalue weighted by molar-refractivity contribution is 0.571. The van der Waals surface area contributed by atoms with Crippen molar-refractivity contribution in [3.8, 4) is 0 Å². The zero-order valence-corrected chi connectivity index (χ0v) is 11.1. The standard InChI is InChI=1S/C14H21NO/c1-13(2,3)10-8-7-9-11(12(10)15-16)14(4,5)6/h7-9H,1-6H3. The van der Waals surface area contributed by atoms with Gasteiger partial charge in [-0.25, -0.2) is 0 Å². The van der Waals surface area contributed by atoms with Crippen molar-refractivity contribution in [3.63, 3.8) is 0 Å². The average molecular weight is 219 g/mol. The highest BCUT2D eigenvalue weighted by Crippen LogP contribution is 2.39. The number of hydrogen-bond donors (Lipinski definition) is 0. The molecule has 0 radical (unpaired) electrons. The molecule has 0 fully saturated rings. The van der Waals surface area contributed by atoms with Crippen LogP contribution in [0.4, 0.5) is 5.69 Å². The van der Waals surface area contributed by atoms with E-state index in [0.29, 0.717) is 5.69 Å². The number of nitrogens with zero attached hydrogens (tertiary/aromatic N) is 1. The molecule has 1 aromatic rings. The monoisotopic (exact) mass is 219 g/mol. The first-order valence-corrected chi connectivity index (χ1v) is 5.65. The Morgan fingerprint density at radius 2 is 1.25 bits per heavy atom. The van der Waals surface area contributed by atoms with E-state index in [1.54, 1.807) is 0 Å². The van der Waals surface area contributed by atoms with E-state index >= 15 is 0 Å². The molecule has 0 saturated carbocycles. The third kappa shape index (κ3) is 2.49. The minimum absolute atomic E-state index is 0.0511. The van der Waals surface area contributed by atoms with Crippen molar-refractivity contribution in [1.29, 1.82) is 0 Å². The fraction of sp³-hybridized carbons (Fsp3) is 0.571. The molecular weight excluding hydrogens is 198 g/mol. The number of hydrogen-bond acceptors (Lipinski definition) is 2. The summed E-state index contributed by atoms with van der Waals surface area (Å²) >= 11 is 0. The van der Waals surface area contributed by atoms with Crippen LogP contribution in [0.2, 0.25) is 0 Å². The maximum atomic E-state index is 11.1. The first-order valence-electron chi connectivity index (χ1n) is 5.65. The molecule has 0 atom stereocenters. The zero-order chi connectivity index (χ0) is 12.6. The van der Waals surface area contributed by atoms with Crippen LogP contribution in [-0.4, -0.2) is 0 Å². The normalized spacial score (nSPS) is 12.6.